The summed E-state index contributed by atoms with van der Waals surface area (Å²) in [5, 5.41) is 3.50. The molecule has 0 aliphatic carbocycles. The minimum absolute atomic E-state index is 0.164. The van der Waals surface area contributed by atoms with Crippen LogP contribution >= 0.6 is 0 Å². The van der Waals surface area contributed by atoms with Gasteiger partial charge in [-0.1, -0.05) is 6.42 Å². The van der Waals surface area contributed by atoms with Gasteiger partial charge in [-0.05, 0) is 56.8 Å². The molecule has 0 amide bonds. The Bertz CT molecular complexity index is 425. The maximum absolute atomic E-state index is 13.9. The number of hydrogen-bond donors (Lipinski definition) is 1. The number of ether oxygens (including phenoxy) is 1. The highest BCUT2D eigenvalue weighted by atomic mass is 19.1. The second-order valence-corrected chi connectivity index (χ2v) is 5.15. The van der Waals surface area contributed by atoms with Crippen molar-refractivity contribution in [2.45, 2.75) is 45.6 Å². The fraction of sp³-hybridized carbons (Fsp3) is 0.600. The molecule has 1 unspecified atom stereocenters. The van der Waals surface area contributed by atoms with Crippen LogP contribution < -0.4 is 10.1 Å². The Hall–Kier alpha value is -1.09. The second kappa shape index (κ2) is 5.70. The van der Waals surface area contributed by atoms with E-state index >= 15 is 0 Å². The molecule has 2 nitrogen and oxygen atoms in total. The van der Waals surface area contributed by atoms with Gasteiger partial charge in [-0.3, -0.25) is 0 Å². The van der Waals surface area contributed by atoms with Gasteiger partial charge in [-0.15, -0.1) is 0 Å². The van der Waals surface area contributed by atoms with Gasteiger partial charge in [0.25, 0.3) is 0 Å². The minimum Gasteiger partial charge on any atom is -0.496 e. The van der Waals surface area contributed by atoms with Crippen LogP contribution in [0.15, 0.2) is 6.07 Å². The van der Waals surface area contributed by atoms with Gasteiger partial charge in [0.15, 0.2) is 0 Å². The standard InChI is InChI=1S/C15H22FNO/c1-10-12(8-13-6-4-5-7-17-13)9-14(16)11(2)15(10)18-3/h9,13,17H,4-8H2,1-3H3. The van der Waals surface area contributed by atoms with Crippen LogP contribution in [0.1, 0.15) is 36.0 Å². The Labute approximate surface area is 109 Å². The monoisotopic (exact) mass is 251 g/mol. The van der Waals surface area contributed by atoms with Crippen molar-refractivity contribution in [3.05, 3.63) is 28.6 Å². The van der Waals surface area contributed by atoms with Crippen molar-refractivity contribution in [2.24, 2.45) is 0 Å². The van der Waals surface area contributed by atoms with Gasteiger partial charge in [0.05, 0.1) is 7.11 Å². The summed E-state index contributed by atoms with van der Waals surface area (Å²) in [7, 11) is 1.61. The number of nitrogens with one attached hydrogen (secondary N) is 1. The molecule has 1 heterocycles. The van der Waals surface area contributed by atoms with Gasteiger partial charge < -0.3 is 10.1 Å². The zero-order valence-electron chi connectivity index (χ0n) is 11.5. The molecule has 1 aliphatic rings. The first-order chi connectivity index (χ1) is 8.63. The highest BCUT2D eigenvalue weighted by Crippen LogP contribution is 2.29. The van der Waals surface area contributed by atoms with E-state index in [1.165, 1.54) is 19.3 Å². The summed E-state index contributed by atoms with van der Waals surface area (Å²) >= 11 is 0. The first-order valence-electron chi connectivity index (χ1n) is 6.69. The van der Waals surface area contributed by atoms with Crippen LogP contribution in [0, 0.1) is 19.7 Å². The SMILES string of the molecule is COc1c(C)c(F)cc(CC2CCCCN2)c1C. The highest BCUT2D eigenvalue weighted by Gasteiger charge is 2.18. The van der Waals surface area contributed by atoms with E-state index in [9.17, 15) is 4.39 Å². The van der Waals surface area contributed by atoms with Crippen LogP contribution in [0.4, 0.5) is 4.39 Å². The topological polar surface area (TPSA) is 21.3 Å². The largest absolute Gasteiger partial charge is 0.496 e. The third kappa shape index (κ3) is 2.66. The Morgan fingerprint density at radius 2 is 2.11 bits per heavy atom. The van der Waals surface area contributed by atoms with Crippen molar-refractivity contribution in [1.82, 2.24) is 5.32 Å². The molecule has 0 aromatic heterocycles. The number of methoxy groups -OCH3 is 1. The maximum Gasteiger partial charge on any atom is 0.130 e. The van der Waals surface area contributed by atoms with E-state index in [0.717, 1.165) is 24.1 Å². The zero-order valence-corrected chi connectivity index (χ0v) is 11.5. The number of halogens is 1. The van der Waals surface area contributed by atoms with E-state index < -0.39 is 0 Å². The Morgan fingerprint density at radius 1 is 1.33 bits per heavy atom. The molecule has 1 aliphatic heterocycles. The normalized spacial score (nSPS) is 19.9. The fourth-order valence-corrected chi connectivity index (χ4v) is 2.79. The molecule has 1 aromatic rings. The molecule has 18 heavy (non-hydrogen) atoms. The number of hydrogen-bond acceptors (Lipinski definition) is 2. The van der Waals surface area contributed by atoms with Gasteiger partial charge in [-0.2, -0.15) is 0 Å². The minimum atomic E-state index is -0.164. The number of piperidine rings is 1. The Morgan fingerprint density at radius 3 is 2.72 bits per heavy atom. The van der Waals surface area contributed by atoms with Crippen LogP contribution in [0.25, 0.3) is 0 Å². The lowest BCUT2D eigenvalue weighted by molar-refractivity contribution is 0.391. The molecule has 1 aromatic carbocycles. The van der Waals surface area contributed by atoms with Crippen molar-refractivity contribution in [3.63, 3.8) is 0 Å². The number of rotatable bonds is 3. The van der Waals surface area contributed by atoms with Crippen LogP contribution in [0.5, 0.6) is 5.75 Å². The van der Waals surface area contributed by atoms with Crippen molar-refractivity contribution in [1.29, 1.82) is 0 Å². The van der Waals surface area contributed by atoms with Gasteiger partial charge >= 0.3 is 0 Å². The molecular weight excluding hydrogens is 229 g/mol. The van der Waals surface area contributed by atoms with Gasteiger partial charge in [0.2, 0.25) is 0 Å². The second-order valence-electron chi connectivity index (χ2n) is 5.15. The van der Waals surface area contributed by atoms with Crippen molar-refractivity contribution < 1.29 is 9.13 Å². The van der Waals surface area contributed by atoms with Crippen LogP contribution in [0.3, 0.4) is 0 Å². The lowest BCUT2D eigenvalue weighted by atomic mass is 9.93. The van der Waals surface area contributed by atoms with E-state index in [4.69, 9.17) is 4.74 Å². The molecule has 1 atom stereocenters. The summed E-state index contributed by atoms with van der Waals surface area (Å²) in [6.45, 7) is 4.86. The summed E-state index contributed by atoms with van der Waals surface area (Å²) < 4.78 is 19.2. The van der Waals surface area contributed by atoms with Gasteiger partial charge in [-0.25, -0.2) is 4.39 Å². The summed E-state index contributed by atoms with van der Waals surface area (Å²) in [6, 6.07) is 2.15. The van der Waals surface area contributed by atoms with Crippen molar-refractivity contribution in [2.75, 3.05) is 13.7 Å². The fourth-order valence-electron chi connectivity index (χ4n) is 2.79. The third-order valence-electron chi connectivity index (χ3n) is 3.90. The smallest absolute Gasteiger partial charge is 0.130 e. The van der Waals surface area contributed by atoms with Crippen LogP contribution in [0.2, 0.25) is 0 Å². The van der Waals surface area contributed by atoms with E-state index in [1.807, 2.05) is 6.92 Å². The molecule has 100 valence electrons. The maximum atomic E-state index is 13.9. The summed E-state index contributed by atoms with van der Waals surface area (Å²) in [4.78, 5) is 0. The molecule has 3 heteroatoms. The van der Waals surface area contributed by atoms with Crippen molar-refractivity contribution >= 4 is 0 Å². The van der Waals surface area contributed by atoms with Gasteiger partial charge in [0, 0.05) is 11.6 Å². The molecule has 1 N–H and O–H groups in total. The molecule has 0 saturated carbocycles. The van der Waals surface area contributed by atoms with Crippen LogP contribution in [-0.2, 0) is 6.42 Å². The third-order valence-corrected chi connectivity index (χ3v) is 3.90. The first kappa shape index (κ1) is 13.3. The highest BCUT2D eigenvalue weighted by molar-refractivity contribution is 5.46. The van der Waals surface area contributed by atoms with E-state index in [0.29, 0.717) is 17.4 Å². The quantitative estimate of drug-likeness (QED) is 0.891. The van der Waals surface area contributed by atoms with Gasteiger partial charge in [0.1, 0.15) is 11.6 Å². The predicted molar refractivity (Wildman–Crippen MR) is 71.8 cm³/mol. The molecular formula is C15H22FNO. The Kier molecular flexibility index (Phi) is 4.23. The lowest BCUT2D eigenvalue weighted by Gasteiger charge is -2.25. The van der Waals surface area contributed by atoms with E-state index in [-0.39, 0.29) is 5.82 Å². The molecule has 0 radical (unpaired) electrons. The molecule has 0 bridgehead atoms. The zero-order chi connectivity index (χ0) is 13.1. The average Bonchev–Trinajstić information content (AvgIpc) is 2.38. The predicted octanol–water partition coefficient (Wildman–Crippen LogP) is 3.14. The summed E-state index contributed by atoms with van der Waals surface area (Å²) in [5.41, 5.74) is 2.74. The van der Waals surface area contributed by atoms with E-state index in [2.05, 4.69) is 5.32 Å². The van der Waals surface area contributed by atoms with Crippen LogP contribution in [-0.4, -0.2) is 19.7 Å². The molecule has 1 fully saturated rings. The lowest BCUT2D eigenvalue weighted by Crippen LogP contribution is -2.35. The molecule has 2 rings (SSSR count). The number of benzene rings is 1. The Balaban J connectivity index is 2.24. The average molecular weight is 251 g/mol. The summed E-state index contributed by atoms with van der Waals surface area (Å²) in [6.07, 6.45) is 4.58. The molecule has 1 saturated heterocycles. The van der Waals surface area contributed by atoms with Crippen molar-refractivity contribution in [3.8, 4) is 5.75 Å². The molecule has 0 spiro atoms. The summed E-state index contributed by atoms with van der Waals surface area (Å²) in [5.74, 6) is 0.532. The van der Waals surface area contributed by atoms with E-state index in [1.54, 1.807) is 20.1 Å². The first-order valence-corrected chi connectivity index (χ1v) is 6.69.